The molecule has 1 fully saturated rings. The molecule has 1 aromatic carbocycles. The van der Waals surface area contributed by atoms with E-state index in [-0.39, 0.29) is 30.0 Å². The van der Waals surface area contributed by atoms with Gasteiger partial charge in [0.1, 0.15) is 5.82 Å². The molecule has 0 aliphatic carbocycles. The fourth-order valence-electron chi connectivity index (χ4n) is 3.06. The summed E-state index contributed by atoms with van der Waals surface area (Å²) in [5.74, 6) is -0.367. The van der Waals surface area contributed by atoms with Crippen molar-refractivity contribution < 1.29 is 14.3 Å². The molecular weight excluding hydrogens is 309 g/mol. The number of carbonyl (C=O) groups excluding carboxylic acids is 1. The van der Waals surface area contributed by atoms with Crippen LogP contribution in [0, 0.1) is 18.7 Å². The second-order valence-electron chi connectivity index (χ2n) is 6.22. The SMILES string of the molecule is Cc1ccnc(C(=O)N2CC[C@H](Cc3cccc(F)c3)[C@H](O)C2)n1. The Morgan fingerprint density at radius 1 is 1.42 bits per heavy atom. The molecule has 126 valence electrons. The molecule has 1 aliphatic heterocycles. The molecule has 1 aliphatic rings. The van der Waals surface area contributed by atoms with Gasteiger partial charge in [0.2, 0.25) is 5.82 Å². The first-order valence-electron chi connectivity index (χ1n) is 8.04. The summed E-state index contributed by atoms with van der Waals surface area (Å²) in [6.45, 7) is 2.59. The molecule has 2 aromatic rings. The molecule has 6 heteroatoms. The first-order valence-corrected chi connectivity index (χ1v) is 8.04. The quantitative estimate of drug-likeness (QED) is 0.935. The summed E-state index contributed by atoms with van der Waals surface area (Å²) in [4.78, 5) is 22.2. The average molecular weight is 329 g/mol. The number of nitrogens with zero attached hydrogens (tertiary/aromatic N) is 3. The molecule has 1 aromatic heterocycles. The summed E-state index contributed by atoms with van der Waals surface area (Å²) >= 11 is 0. The first-order chi connectivity index (χ1) is 11.5. The molecule has 1 N–H and O–H groups in total. The second-order valence-corrected chi connectivity index (χ2v) is 6.22. The molecule has 5 nitrogen and oxygen atoms in total. The van der Waals surface area contributed by atoms with E-state index in [1.54, 1.807) is 30.2 Å². The Hall–Kier alpha value is -2.34. The van der Waals surface area contributed by atoms with Gasteiger partial charge in [-0.25, -0.2) is 14.4 Å². The lowest BCUT2D eigenvalue weighted by atomic mass is 9.88. The van der Waals surface area contributed by atoms with E-state index >= 15 is 0 Å². The van der Waals surface area contributed by atoms with Crippen LogP contribution < -0.4 is 0 Å². The van der Waals surface area contributed by atoms with E-state index in [0.29, 0.717) is 19.4 Å². The summed E-state index contributed by atoms with van der Waals surface area (Å²) in [6.07, 6.45) is 2.18. The van der Waals surface area contributed by atoms with Crippen molar-refractivity contribution in [3.8, 4) is 0 Å². The summed E-state index contributed by atoms with van der Waals surface area (Å²) < 4.78 is 13.3. The number of rotatable bonds is 3. The fraction of sp³-hybridized carbons (Fsp3) is 0.389. The van der Waals surface area contributed by atoms with Crippen molar-refractivity contribution >= 4 is 5.91 Å². The average Bonchev–Trinajstić information content (AvgIpc) is 2.56. The van der Waals surface area contributed by atoms with Crippen LogP contribution in [0.5, 0.6) is 0 Å². The Morgan fingerprint density at radius 3 is 2.96 bits per heavy atom. The predicted octanol–water partition coefficient (Wildman–Crippen LogP) is 1.99. The second kappa shape index (κ2) is 7.05. The van der Waals surface area contributed by atoms with Gasteiger partial charge in [-0.15, -0.1) is 0 Å². The number of aryl methyl sites for hydroxylation is 1. The normalized spacial score (nSPS) is 20.9. The minimum absolute atomic E-state index is 0.00859. The van der Waals surface area contributed by atoms with Crippen molar-refractivity contribution in [2.45, 2.75) is 25.9 Å². The number of aliphatic hydroxyl groups is 1. The Morgan fingerprint density at radius 2 is 2.25 bits per heavy atom. The smallest absolute Gasteiger partial charge is 0.291 e. The lowest BCUT2D eigenvalue weighted by Gasteiger charge is -2.35. The summed E-state index contributed by atoms with van der Waals surface area (Å²) in [5, 5.41) is 10.4. The highest BCUT2D eigenvalue weighted by Crippen LogP contribution is 2.23. The number of aliphatic hydroxyl groups excluding tert-OH is 1. The van der Waals surface area contributed by atoms with Crippen LogP contribution in [0.3, 0.4) is 0 Å². The molecule has 1 saturated heterocycles. The molecule has 24 heavy (non-hydrogen) atoms. The van der Waals surface area contributed by atoms with Gasteiger partial charge in [0.25, 0.3) is 5.91 Å². The van der Waals surface area contributed by atoms with Crippen LogP contribution in [0.4, 0.5) is 4.39 Å². The monoisotopic (exact) mass is 329 g/mol. The van der Waals surface area contributed by atoms with Gasteiger partial charge in [-0.1, -0.05) is 12.1 Å². The van der Waals surface area contributed by atoms with Crippen LogP contribution in [0.2, 0.25) is 0 Å². The van der Waals surface area contributed by atoms with Crippen LogP contribution >= 0.6 is 0 Å². The number of hydrogen-bond acceptors (Lipinski definition) is 4. The topological polar surface area (TPSA) is 66.3 Å². The highest BCUT2D eigenvalue weighted by Gasteiger charge is 2.31. The number of likely N-dealkylation sites (tertiary alicyclic amines) is 1. The molecular formula is C18H20FN3O2. The minimum atomic E-state index is -0.643. The zero-order valence-electron chi connectivity index (χ0n) is 13.5. The molecule has 3 rings (SSSR count). The zero-order valence-corrected chi connectivity index (χ0v) is 13.5. The van der Waals surface area contributed by atoms with Gasteiger partial charge in [0.05, 0.1) is 6.10 Å². The molecule has 0 radical (unpaired) electrons. The van der Waals surface area contributed by atoms with Gasteiger partial charge < -0.3 is 10.0 Å². The third kappa shape index (κ3) is 3.76. The molecule has 2 heterocycles. The summed E-state index contributed by atoms with van der Waals surface area (Å²) in [7, 11) is 0. The van der Waals surface area contributed by atoms with Gasteiger partial charge >= 0.3 is 0 Å². The highest BCUT2D eigenvalue weighted by atomic mass is 19.1. The number of halogens is 1. The van der Waals surface area contributed by atoms with Crippen molar-refractivity contribution in [2.75, 3.05) is 13.1 Å². The summed E-state index contributed by atoms with van der Waals surface area (Å²) in [5.41, 5.74) is 1.59. The molecule has 0 bridgehead atoms. The number of benzene rings is 1. The van der Waals surface area contributed by atoms with Gasteiger partial charge in [0.15, 0.2) is 0 Å². The van der Waals surface area contributed by atoms with Crippen LogP contribution in [0.25, 0.3) is 0 Å². The van der Waals surface area contributed by atoms with E-state index in [4.69, 9.17) is 0 Å². The van der Waals surface area contributed by atoms with Crippen molar-refractivity contribution in [3.63, 3.8) is 0 Å². The van der Waals surface area contributed by atoms with E-state index in [2.05, 4.69) is 9.97 Å². The van der Waals surface area contributed by atoms with Gasteiger partial charge in [-0.2, -0.15) is 0 Å². The Labute approximate surface area is 140 Å². The first kappa shape index (κ1) is 16.5. The lowest BCUT2D eigenvalue weighted by Crippen LogP contribution is -2.47. The number of aromatic nitrogens is 2. The Bertz CT molecular complexity index is 738. The van der Waals surface area contributed by atoms with Crippen molar-refractivity contribution in [1.29, 1.82) is 0 Å². The van der Waals surface area contributed by atoms with Gasteiger partial charge in [-0.3, -0.25) is 4.79 Å². The van der Waals surface area contributed by atoms with E-state index < -0.39 is 6.10 Å². The third-order valence-electron chi connectivity index (χ3n) is 4.38. The zero-order chi connectivity index (χ0) is 17.1. The van der Waals surface area contributed by atoms with E-state index in [1.165, 1.54) is 12.1 Å². The minimum Gasteiger partial charge on any atom is -0.391 e. The maximum absolute atomic E-state index is 13.3. The Balaban J connectivity index is 1.63. The van der Waals surface area contributed by atoms with E-state index in [0.717, 1.165) is 11.3 Å². The van der Waals surface area contributed by atoms with Gasteiger partial charge in [0, 0.05) is 25.0 Å². The largest absolute Gasteiger partial charge is 0.391 e. The van der Waals surface area contributed by atoms with Crippen LogP contribution in [0.1, 0.15) is 28.3 Å². The van der Waals surface area contributed by atoms with Gasteiger partial charge in [-0.05, 0) is 49.4 Å². The maximum Gasteiger partial charge on any atom is 0.291 e. The molecule has 0 spiro atoms. The molecule has 2 atom stereocenters. The molecule has 1 amide bonds. The maximum atomic E-state index is 13.3. The number of hydrogen-bond donors (Lipinski definition) is 1. The third-order valence-corrected chi connectivity index (χ3v) is 4.38. The Kier molecular flexibility index (Phi) is 4.85. The number of piperidine rings is 1. The van der Waals surface area contributed by atoms with Crippen LogP contribution in [-0.2, 0) is 6.42 Å². The standard InChI is InChI=1S/C18H20FN3O2/c1-12-5-7-20-17(21-12)18(24)22-8-6-14(16(23)11-22)9-13-3-2-4-15(19)10-13/h2-5,7,10,14,16,23H,6,8-9,11H2,1H3/t14-,16-/m1/s1. The highest BCUT2D eigenvalue weighted by molar-refractivity contribution is 5.90. The van der Waals surface area contributed by atoms with E-state index in [1.807, 2.05) is 6.07 Å². The number of β-amino-alcohol motifs (C(OH)–C–C–N with tert-alkyl or cyclic N) is 1. The lowest BCUT2D eigenvalue weighted by molar-refractivity contribution is 0.0191. The molecule has 0 unspecified atom stereocenters. The van der Waals surface area contributed by atoms with Crippen molar-refractivity contribution in [1.82, 2.24) is 14.9 Å². The van der Waals surface area contributed by atoms with Crippen LogP contribution in [0.15, 0.2) is 36.5 Å². The number of carbonyl (C=O) groups is 1. The van der Waals surface area contributed by atoms with Crippen LogP contribution in [-0.4, -0.2) is 45.1 Å². The summed E-state index contributed by atoms with van der Waals surface area (Å²) in [6, 6.07) is 8.16. The molecule has 0 saturated carbocycles. The van der Waals surface area contributed by atoms with E-state index in [9.17, 15) is 14.3 Å². The number of amides is 1. The fourth-order valence-corrected chi connectivity index (χ4v) is 3.06. The predicted molar refractivity (Wildman–Crippen MR) is 86.9 cm³/mol. The van der Waals surface area contributed by atoms with Crippen molar-refractivity contribution in [3.05, 3.63) is 59.4 Å². The van der Waals surface area contributed by atoms with Crippen molar-refractivity contribution in [2.24, 2.45) is 5.92 Å².